The van der Waals surface area contributed by atoms with Crippen LogP contribution < -0.4 is 5.32 Å². The molecule has 164 valence electrons. The molecule has 3 heterocycles. The molecule has 1 N–H and O–H groups in total. The summed E-state index contributed by atoms with van der Waals surface area (Å²) in [5.41, 5.74) is 5.24. The molecule has 0 bridgehead atoms. The van der Waals surface area contributed by atoms with E-state index >= 15 is 0 Å². The fourth-order valence-electron chi connectivity index (χ4n) is 4.46. The maximum absolute atomic E-state index is 13.0. The van der Waals surface area contributed by atoms with Crippen LogP contribution in [0.4, 0.5) is 5.69 Å². The van der Waals surface area contributed by atoms with Crippen molar-refractivity contribution in [1.82, 2.24) is 14.8 Å². The van der Waals surface area contributed by atoms with Gasteiger partial charge in [-0.25, -0.2) is 9.67 Å². The molecular formula is C25H27N5O2. The highest BCUT2D eigenvalue weighted by atomic mass is 16.5. The van der Waals surface area contributed by atoms with Crippen LogP contribution in [0.5, 0.6) is 0 Å². The first-order valence-corrected chi connectivity index (χ1v) is 11.2. The summed E-state index contributed by atoms with van der Waals surface area (Å²) in [4.78, 5) is 17.2. The number of hydrogen-bond acceptors (Lipinski definition) is 5. The summed E-state index contributed by atoms with van der Waals surface area (Å²) in [7, 11) is 0. The number of amides is 1. The molecule has 1 aromatic carbocycles. The van der Waals surface area contributed by atoms with Crippen molar-refractivity contribution < 1.29 is 9.53 Å². The van der Waals surface area contributed by atoms with Crippen LogP contribution >= 0.6 is 0 Å². The van der Waals surface area contributed by atoms with Crippen molar-refractivity contribution >= 4 is 22.5 Å². The van der Waals surface area contributed by atoms with Crippen LogP contribution in [0.2, 0.25) is 0 Å². The number of aromatic nitrogens is 3. The van der Waals surface area contributed by atoms with E-state index in [1.165, 1.54) is 6.20 Å². The van der Waals surface area contributed by atoms with Gasteiger partial charge >= 0.3 is 0 Å². The van der Waals surface area contributed by atoms with Crippen molar-refractivity contribution in [2.24, 2.45) is 0 Å². The van der Waals surface area contributed by atoms with E-state index in [2.05, 4.69) is 23.3 Å². The molecule has 1 aliphatic heterocycles. The van der Waals surface area contributed by atoms with Crippen LogP contribution in [0.1, 0.15) is 78.1 Å². The van der Waals surface area contributed by atoms with E-state index in [-0.39, 0.29) is 17.6 Å². The Labute approximate surface area is 187 Å². The second-order valence-electron chi connectivity index (χ2n) is 9.24. The lowest BCUT2D eigenvalue weighted by molar-refractivity contribution is -0.0369. The van der Waals surface area contributed by atoms with Gasteiger partial charge in [-0.2, -0.15) is 10.4 Å². The second kappa shape index (κ2) is 7.72. The Morgan fingerprint density at radius 1 is 1.28 bits per heavy atom. The van der Waals surface area contributed by atoms with Gasteiger partial charge in [0.05, 0.1) is 16.8 Å². The molecule has 1 saturated carbocycles. The Kier molecular flexibility index (Phi) is 4.98. The third kappa shape index (κ3) is 3.45. The minimum Gasteiger partial charge on any atom is -0.356 e. The number of pyridine rings is 1. The van der Waals surface area contributed by atoms with E-state index in [4.69, 9.17) is 9.84 Å². The zero-order chi connectivity index (χ0) is 22.5. The zero-order valence-corrected chi connectivity index (χ0v) is 18.7. The molecule has 1 saturated heterocycles. The predicted octanol–water partition coefficient (Wildman–Crippen LogP) is 4.92. The largest absolute Gasteiger partial charge is 0.356 e. The normalized spacial score (nSPS) is 19.5. The molecule has 5 rings (SSSR count). The van der Waals surface area contributed by atoms with Gasteiger partial charge in [0, 0.05) is 29.3 Å². The summed E-state index contributed by atoms with van der Waals surface area (Å²) in [5.74, 6) is -0.281. The molecule has 1 amide bonds. The molecule has 32 heavy (non-hydrogen) atoms. The van der Waals surface area contributed by atoms with Gasteiger partial charge in [0.25, 0.3) is 5.91 Å². The van der Waals surface area contributed by atoms with Crippen LogP contribution in [0.3, 0.4) is 0 Å². The SMILES string of the molecule is Cc1c(C#N)cnc(C(=O)Nc2ccc3c(c2)c(C2(C)CC2)nn3C2CCCCO2)c1C. The summed E-state index contributed by atoms with van der Waals surface area (Å²) in [6, 6.07) is 8.06. The molecule has 3 aromatic rings. The number of hydrogen-bond donors (Lipinski definition) is 1. The van der Waals surface area contributed by atoms with Crippen molar-refractivity contribution in [3.05, 3.63) is 52.5 Å². The van der Waals surface area contributed by atoms with Crippen LogP contribution in [0.25, 0.3) is 10.9 Å². The number of benzene rings is 1. The van der Waals surface area contributed by atoms with Gasteiger partial charge in [0.2, 0.25) is 0 Å². The maximum Gasteiger partial charge on any atom is 0.274 e. The lowest BCUT2D eigenvalue weighted by Gasteiger charge is -2.23. The predicted molar refractivity (Wildman–Crippen MR) is 122 cm³/mol. The van der Waals surface area contributed by atoms with Gasteiger partial charge in [-0.15, -0.1) is 0 Å². The molecule has 2 fully saturated rings. The summed E-state index contributed by atoms with van der Waals surface area (Å²) in [6.45, 7) is 6.67. The molecular weight excluding hydrogens is 402 g/mol. The first-order valence-electron chi connectivity index (χ1n) is 11.2. The van der Waals surface area contributed by atoms with Crippen LogP contribution in [-0.2, 0) is 10.2 Å². The number of nitrogens with one attached hydrogen (secondary N) is 1. The minimum atomic E-state index is -0.281. The third-order valence-electron chi connectivity index (χ3n) is 6.94. The van der Waals surface area contributed by atoms with Gasteiger partial charge in [0.15, 0.2) is 6.23 Å². The third-order valence-corrected chi connectivity index (χ3v) is 6.94. The number of fused-ring (bicyclic) bond motifs is 1. The van der Waals surface area contributed by atoms with Crippen LogP contribution in [0.15, 0.2) is 24.4 Å². The molecule has 7 nitrogen and oxygen atoms in total. The van der Waals surface area contributed by atoms with Crippen molar-refractivity contribution in [3.63, 3.8) is 0 Å². The second-order valence-corrected chi connectivity index (χ2v) is 9.24. The summed E-state index contributed by atoms with van der Waals surface area (Å²) < 4.78 is 8.05. The van der Waals surface area contributed by atoms with E-state index < -0.39 is 0 Å². The standard InChI is InChI=1S/C25H27N5O2/c1-15-16(2)22(27-14-17(15)13-26)24(31)28-18-7-8-20-19(12-18)23(25(3)9-10-25)29-30(20)21-6-4-5-11-32-21/h7-8,12,14,21H,4-6,9-11H2,1-3H3,(H,28,31). The topological polar surface area (TPSA) is 92.8 Å². The van der Waals surface area contributed by atoms with Crippen molar-refractivity contribution in [3.8, 4) is 6.07 Å². The summed E-state index contributed by atoms with van der Waals surface area (Å²) in [5, 5.41) is 18.3. The molecule has 2 aromatic heterocycles. The fraction of sp³-hybridized carbons (Fsp3) is 0.440. The lowest BCUT2D eigenvalue weighted by Crippen LogP contribution is -2.19. The Hall–Kier alpha value is -3.24. The Morgan fingerprint density at radius 2 is 2.09 bits per heavy atom. The Morgan fingerprint density at radius 3 is 2.78 bits per heavy atom. The highest BCUT2D eigenvalue weighted by Crippen LogP contribution is 2.50. The van der Waals surface area contributed by atoms with Gasteiger partial charge < -0.3 is 10.1 Å². The monoisotopic (exact) mass is 429 g/mol. The lowest BCUT2D eigenvalue weighted by atomic mass is 10.0. The number of carbonyl (C=O) groups is 1. The first kappa shape index (κ1) is 20.7. The number of nitriles is 1. The van der Waals surface area contributed by atoms with Gasteiger partial charge in [-0.05, 0) is 75.3 Å². The van der Waals surface area contributed by atoms with Crippen molar-refractivity contribution in [1.29, 1.82) is 5.26 Å². The Balaban J connectivity index is 1.50. The van der Waals surface area contributed by atoms with E-state index in [0.29, 0.717) is 16.9 Å². The fourth-order valence-corrected chi connectivity index (χ4v) is 4.46. The summed E-state index contributed by atoms with van der Waals surface area (Å²) >= 11 is 0. The molecule has 1 atom stereocenters. The number of carbonyl (C=O) groups excluding carboxylic acids is 1. The number of rotatable bonds is 4. The number of ether oxygens (including phenoxy) is 1. The molecule has 1 aliphatic carbocycles. The molecule has 0 spiro atoms. The quantitative estimate of drug-likeness (QED) is 0.635. The average molecular weight is 430 g/mol. The van der Waals surface area contributed by atoms with Crippen LogP contribution in [0, 0.1) is 25.2 Å². The molecule has 0 radical (unpaired) electrons. The van der Waals surface area contributed by atoms with E-state index in [1.807, 2.05) is 36.7 Å². The number of anilines is 1. The zero-order valence-electron chi connectivity index (χ0n) is 18.7. The smallest absolute Gasteiger partial charge is 0.274 e. The molecule has 1 unspecified atom stereocenters. The molecule has 7 heteroatoms. The average Bonchev–Trinajstić information content (AvgIpc) is 3.43. The molecule has 2 aliphatic rings. The minimum absolute atomic E-state index is 0.0312. The summed E-state index contributed by atoms with van der Waals surface area (Å²) in [6.07, 6.45) is 6.87. The van der Waals surface area contributed by atoms with Crippen molar-refractivity contribution in [2.75, 3.05) is 11.9 Å². The first-order chi connectivity index (χ1) is 15.4. The van der Waals surface area contributed by atoms with Gasteiger partial charge in [0.1, 0.15) is 11.8 Å². The van der Waals surface area contributed by atoms with E-state index in [9.17, 15) is 10.1 Å². The highest BCUT2D eigenvalue weighted by molar-refractivity contribution is 6.05. The van der Waals surface area contributed by atoms with E-state index in [1.54, 1.807) is 0 Å². The maximum atomic E-state index is 13.0. The highest BCUT2D eigenvalue weighted by Gasteiger charge is 2.43. The Bertz CT molecular complexity index is 1260. The van der Waals surface area contributed by atoms with Crippen molar-refractivity contribution in [2.45, 2.75) is 64.5 Å². The van der Waals surface area contributed by atoms with Crippen LogP contribution in [-0.4, -0.2) is 27.3 Å². The van der Waals surface area contributed by atoms with Gasteiger partial charge in [-0.3, -0.25) is 4.79 Å². The van der Waals surface area contributed by atoms with E-state index in [0.717, 1.165) is 66.4 Å². The van der Waals surface area contributed by atoms with Gasteiger partial charge in [-0.1, -0.05) is 6.92 Å². The number of nitrogens with zero attached hydrogens (tertiary/aromatic N) is 4.